The van der Waals surface area contributed by atoms with Crippen molar-refractivity contribution < 1.29 is 32.6 Å². The van der Waals surface area contributed by atoms with Gasteiger partial charge in [0.05, 0.1) is 17.6 Å². The molecule has 2 unspecified atom stereocenters. The van der Waals surface area contributed by atoms with Gasteiger partial charge in [0.15, 0.2) is 28.9 Å². The number of amides is 1. The second-order valence-electron chi connectivity index (χ2n) is 8.82. The molecule has 3 aromatic rings. The monoisotopic (exact) mass is 492 g/mol. The standard InChI is InChI=1S/C23H20F4N4O4/c24-11-3-14(25)19(15(26)4-11)31-7-13(23(35)28-6-10-1-2-10)20(34)12-5-16(27)22(29-21(12)31)30-8-17(32)18(33)9-30/h3-5,7,10,17-18,32-33H,1-2,6,8-9H2,(H,28,35). The number of halogens is 4. The molecule has 2 fully saturated rings. The number of aliphatic hydroxyl groups is 2. The summed E-state index contributed by atoms with van der Waals surface area (Å²) < 4.78 is 58.9. The lowest BCUT2D eigenvalue weighted by molar-refractivity contribution is 0.0572. The molecule has 2 aromatic heterocycles. The summed E-state index contributed by atoms with van der Waals surface area (Å²) in [5.41, 5.74) is -2.63. The van der Waals surface area contributed by atoms with Crippen LogP contribution in [0.4, 0.5) is 23.4 Å². The maximum Gasteiger partial charge on any atom is 0.256 e. The van der Waals surface area contributed by atoms with Crippen molar-refractivity contribution >= 4 is 22.8 Å². The van der Waals surface area contributed by atoms with Crippen LogP contribution in [0.3, 0.4) is 0 Å². The van der Waals surface area contributed by atoms with Crippen molar-refractivity contribution in [2.45, 2.75) is 25.0 Å². The van der Waals surface area contributed by atoms with Crippen molar-refractivity contribution in [1.82, 2.24) is 14.9 Å². The van der Waals surface area contributed by atoms with E-state index in [1.807, 2.05) is 0 Å². The minimum Gasteiger partial charge on any atom is -0.389 e. The first-order chi connectivity index (χ1) is 16.6. The van der Waals surface area contributed by atoms with Crippen LogP contribution in [0.5, 0.6) is 0 Å². The van der Waals surface area contributed by atoms with Gasteiger partial charge in [-0.15, -0.1) is 0 Å². The molecule has 1 amide bonds. The minimum absolute atomic E-state index is 0.179. The first-order valence-electron chi connectivity index (χ1n) is 10.9. The number of nitrogens with one attached hydrogen (secondary N) is 1. The van der Waals surface area contributed by atoms with Gasteiger partial charge in [0.1, 0.15) is 17.1 Å². The van der Waals surface area contributed by atoms with Gasteiger partial charge in [-0.1, -0.05) is 0 Å². The van der Waals surface area contributed by atoms with E-state index in [-0.39, 0.29) is 24.8 Å². The lowest BCUT2D eigenvalue weighted by atomic mass is 10.1. The summed E-state index contributed by atoms with van der Waals surface area (Å²) in [6.45, 7) is -0.0513. The largest absolute Gasteiger partial charge is 0.389 e. The number of carbonyl (C=O) groups excluding carboxylic acids is 1. The molecule has 1 aliphatic carbocycles. The molecular weight excluding hydrogens is 472 g/mol. The van der Waals surface area contributed by atoms with E-state index in [2.05, 4.69) is 10.3 Å². The molecule has 35 heavy (non-hydrogen) atoms. The highest BCUT2D eigenvalue weighted by Gasteiger charge is 2.33. The van der Waals surface area contributed by atoms with E-state index in [1.165, 1.54) is 4.90 Å². The maximum atomic E-state index is 15.0. The number of fused-ring (bicyclic) bond motifs is 1. The summed E-state index contributed by atoms with van der Waals surface area (Å²) >= 11 is 0. The van der Waals surface area contributed by atoms with E-state index in [0.717, 1.165) is 29.7 Å². The third-order valence-corrected chi connectivity index (χ3v) is 6.19. The number of nitrogens with zero attached hydrogens (tertiary/aromatic N) is 3. The van der Waals surface area contributed by atoms with Gasteiger partial charge in [0, 0.05) is 38.0 Å². The van der Waals surface area contributed by atoms with Gasteiger partial charge in [-0.25, -0.2) is 22.5 Å². The summed E-state index contributed by atoms with van der Waals surface area (Å²) in [7, 11) is 0. The third-order valence-electron chi connectivity index (χ3n) is 6.19. The van der Waals surface area contributed by atoms with Crippen LogP contribution >= 0.6 is 0 Å². The van der Waals surface area contributed by atoms with Gasteiger partial charge in [-0.05, 0) is 24.8 Å². The summed E-state index contributed by atoms with van der Waals surface area (Å²) in [5, 5.41) is 21.8. The summed E-state index contributed by atoms with van der Waals surface area (Å²) in [6, 6.07) is 1.63. The van der Waals surface area contributed by atoms with Crippen molar-refractivity contribution in [1.29, 1.82) is 0 Å². The molecule has 2 atom stereocenters. The number of pyridine rings is 2. The third kappa shape index (κ3) is 4.23. The highest BCUT2D eigenvalue weighted by atomic mass is 19.1. The van der Waals surface area contributed by atoms with Crippen LogP contribution in [0.2, 0.25) is 0 Å². The summed E-state index contributed by atoms with van der Waals surface area (Å²) in [4.78, 5) is 31.1. The Bertz CT molecular complexity index is 1380. The maximum absolute atomic E-state index is 15.0. The van der Waals surface area contributed by atoms with Crippen LogP contribution in [-0.2, 0) is 0 Å². The highest BCUT2D eigenvalue weighted by molar-refractivity contribution is 5.97. The number of anilines is 1. The number of β-amino-alcohol motifs (C(OH)–C–C–N with tert-alkyl or cyclic N) is 2. The quantitative estimate of drug-likeness (QED) is 0.468. The molecule has 1 aromatic carbocycles. The minimum atomic E-state index is -1.34. The zero-order chi connectivity index (χ0) is 25.0. The van der Waals surface area contributed by atoms with Crippen LogP contribution in [0, 0.1) is 29.2 Å². The molecule has 184 valence electrons. The number of benzene rings is 1. The first-order valence-corrected chi connectivity index (χ1v) is 10.9. The number of carbonyl (C=O) groups is 1. The van der Waals surface area contributed by atoms with Gasteiger partial charge < -0.3 is 20.4 Å². The van der Waals surface area contributed by atoms with Crippen LogP contribution < -0.4 is 15.6 Å². The van der Waals surface area contributed by atoms with E-state index in [4.69, 9.17) is 0 Å². The number of hydrogen-bond acceptors (Lipinski definition) is 6. The predicted octanol–water partition coefficient (Wildman–Crippen LogP) is 1.62. The van der Waals surface area contributed by atoms with Crippen molar-refractivity contribution in [3.05, 3.63) is 63.5 Å². The molecule has 1 aliphatic heterocycles. The Balaban J connectivity index is 1.73. The molecule has 1 saturated carbocycles. The van der Waals surface area contributed by atoms with E-state index in [9.17, 15) is 33.0 Å². The van der Waals surface area contributed by atoms with Crippen molar-refractivity contribution in [2.75, 3.05) is 24.5 Å². The summed E-state index contributed by atoms with van der Waals surface area (Å²) in [6.07, 6.45) is 0.365. The average Bonchev–Trinajstić information content (AvgIpc) is 3.56. The zero-order valence-corrected chi connectivity index (χ0v) is 18.1. The van der Waals surface area contributed by atoms with Crippen molar-refractivity contribution in [2.24, 2.45) is 5.92 Å². The molecule has 3 heterocycles. The number of aliphatic hydroxyl groups excluding tert-OH is 2. The van der Waals surface area contributed by atoms with Crippen LogP contribution in [0.15, 0.2) is 29.2 Å². The Morgan fingerprint density at radius 2 is 1.66 bits per heavy atom. The second-order valence-corrected chi connectivity index (χ2v) is 8.82. The van der Waals surface area contributed by atoms with Crippen LogP contribution in [0.1, 0.15) is 23.2 Å². The molecule has 1 saturated heterocycles. The van der Waals surface area contributed by atoms with E-state index < -0.39 is 69.1 Å². The molecule has 3 N–H and O–H groups in total. The van der Waals surface area contributed by atoms with E-state index in [0.29, 0.717) is 18.7 Å². The van der Waals surface area contributed by atoms with E-state index in [1.54, 1.807) is 0 Å². The lowest BCUT2D eigenvalue weighted by Crippen LogP contribution is -2.32. The van der Waals surface area contributed by atoms with Gasteiger partial charge >= 0.3 is 0 Å². The van der Waals surface area contributed by atoms with E-state index >= 15 is 4.39 Å². The molecule has 8 nitrogen and oxygen atoms in total. The smallest absolute Gasteiger partial charge is 0.256 e. The Hall–Kier alpha value is -3.51. The Kier molecular flexibility index (Phi) is 5.72. The predicted molar refractivity (Wildman–Crippen MR) is 116 cm³/mol. The SMILES string of the molecule is O=C(NCC1CC1)c1cn(-c2c(F)cc(F)cc2F)c2nc(N3CC(O)C(O)C3)c(F)cc2c1=O. The average molecular weight is 492 g/mol. The highest BCUT2D eigenvalue weighted by Crippen LogP contribution is 2.29. The Labute approximate surface area is 195 Å². The molecule has 0 bridgehead atoms. The Morgan fingerprint density at radius 3 is 2.26 bits per heavy atom. The topological polar surface area (TPSA) is 108 Å². The fourth-order valence-corrected chi connectivity index (χ4v) is 4.13. The van der Waals surface area contributed by atoms with Gasteiger partial charge in [0.2, 0.25) is 5.43 Å². The van der Waals surface area contributed by atoms with Crippen LogP contribution in [0.25, 0.3) is 16.7 Å². The second kappa shape index (κ2) is 8.61. The zero-order valence-electron chi connectivity index (χ0n) is 18.1. The van der Waals surface area contributed by atoms with Gasteiger partial charge in [0.25, 0.3) is 5.91 Å². The molecule has 2 aliphatic rings. The van der Waals surface area contributed by atoms with Crippen molar-refractivity contribution in [3.8, 4) is 5.69 Å². The first kappa shape index (κ1) is 23.2. The molecule has 12 heteroatoms. The summed E-state index contributed by atoms with van der Waals surface area (Å²) in [5.74, 6) is -5.77. The molecule has 0 spiro atoms. The van der Waals surface area contributed by atoms with Gasteiger partial charge in [-0.2, -0.15) is 0 Å². The van der Waals surface area contributed by atoms with Gasteiger partial charge in [-0.3, -0.25) is 14.2 Å². The number of hydrogen-bond donors (Lipinski definition) is 3. The normalized spacial score (nSPS) is 20.0. The number of rotatable bonds is 5. The molecular formula is C23H20F4N4O4. The van der Waals surface area contributed by atoms with Crippen molar-refractivity contribution in [3.63, 3.8) is 0 Å². The van der Waals surface area contributed by atoms with Crippen LogP contribution in [-0.4, -0.2) is 57.5 Å². The number of aromatic nitrogens is 2. The fourth-order valence-electron chi connectivity index (χ4n) is 4.13. The Morgan fingerprint density at radius 1 is 1.03 bits per heavy atom. The fraction of sp³-hybridized carbons (Fsp3) is 0.348. The molecule has 5 rings (SSSR count). The molecule has 0 radical (unpaired) electrons. The lowest BCUT2D eigenvalue weighted by Gasteiger charge is -2.20.